The molecule has 2 heterocycles. The maximum atomic E-state index is 13.9. The van der Waals surface area contributed by atoms with Gasteiger partial charge < -0.3 is 15.4 Å². The fraction of sp³-hybridized carbons (Fsp3) is 0.524. The summed E-state index contributed by atoms with van der Waals surface area (Å²) in [7, 11) is 1.87. The second-order valence-corrected chi connectivity index (χ2v) is 8.49. The Morgan fingerprint density at radius 2 is 2.14 bits per heavy atom. The SMILES string of the molecule is Cn1cc([C@H]2CNC[C@@H]2C(=O)NC(COc2ccccc2F)C(C)(C)C)cn1. The number of aryl methyl sites for hydroxylation is 1. The van der Waals surface area contributed by atoms with Crippen LogP contribution in [-0.4, -0.2) is 41.4 Å². The van der Waals surface area contributed by atoms with E-state index in [4.69, 9.17) is 4.74 Å². The predicted molar refractivity (Wildman–Crippen MR) is 106 cm³/mol. The number of rotatable bonds is 6. The van der Waals surface area contributed by atoms with Gasteiger partial charge in [-0.05, 0) is 23.1 Å². The highest BCUT2D eigenvalue weighted by Crippen LogP contribution is 2.29. The monoisotopic (exact) mass is 388 g/mol. The summed E-state index contributed by atoms with van der Waals surface area (Å²) in [6.45, 7) is 7.68. The van der Waals surface area contributed by atoms with Crippen LogP contribution in [0.3, 0.4) is 0 Å². The third-order valence-corrected chi connectivity index (χ3v) is 5.31. The van der Waals surface area contributed by atoms with Crippen LogP contribution in [0.2, 0.25) is 0 Å². The summed E-state index contributed by atoms with van der Waals surface area (Å²) >= 11 is 0. The normalized spacial score (nSPS) is 20.8. The van der Waals surface area contributed by atoms with Crippen LogP contribution in [0, 0.1) is 17.2 Å². The Bertz CT molecular complexity index is 815. The fourth-order valence-corrected chi connectivity index (χ4v) is 3.46. The van der Waals surface area contributed by atoms with E-state index in [9.17, 15) is 9.18 Å². The third kappa shape index (κ3) is 4.70. The van der Waals surface area contributed by atoms with Gasteiger partial charge in [0, 0.05) is 32.3 Å². The molecule has 0 spiro atoms. The summed E-state index contributed by atoms with van der Waals surface area (Å²) < 4.78 is 21.3. The maximum Gasteiger partial charge on any atom is 0.225 e. The van der Waals surface area contributed by atoms with Gasteiger partial charge in [0.25, 0.3) is 0 Å². The van der Waals surface area contributed by atoms with Crippen LogP contribution in [0.4, 0.5) is 4.39 Å². The number of para-hydroxylation sites is 1. The maximum absolute atomic E-state index is 13.9. The first kappa shape index (κ1) is 20.3. The van der Waals surface area contributed by atoms with Crippen LogP contribution < -0.4 is 15.4 Å². The minimum absolute atomic E-state index is 0.0177. The largest absolute Gasteiger partial charge is 0.488 e. The van der Waals surface area contributed by atoms with Crippen LogP contribution >= 0.6 is 0 Å². The summed E-state index contributed by atoms with van der Waals surface area (Å²) in [4.78, 5) is 13.1. The van der Waals surface area contributed by atoms with Crippen LogP contribution in [0.1, 0.15) is 32.3 Å². The summed E-state index contributed by atoms with van der Waals surface area (Å²) in [5.74, 6) is -0.319. The number of ether oxygens (including phenoxy) is 1. The summed E-state index contributed by atoms with van der Waals surface area (Å²) in [6.07, 6.45) is 3.78. The zero-order chi connectivity index (χ0) is 20.3. The molecule has 1 unspecified atom stereocenters. The molecule has 1 aliphatic heterocycles. The summed E-state index contributed by atoms with van der Waals surface area (Å²) in [5.41, 5.74) is 0.819. The molecule has 1 fully saturated rings. The van der Waals surface area contributed by atoms with Crippen molar-refractivity contribution < 1.29 is 13.9 Å². The number of nitrogens with zero attached hydrogens (tertiary/aromatic N) is 2. The van der Waals surface area contributed by atoms with E-state index in [2.05, 4.69) is 15.7 Å². The second kappa shape index (κ2) is 8.31. The van der Waals surface area contributed by atoms with Gasteiger partial charge in [-0.1, -0.05) is 32.9 Å². The van der Waals surface area contributed by atoms with Crippen molar-refractivity contribution in [3.63, 3.8) is 0 Å². The van der Waals surface area contributed by atoms with Crippen molar-refractivity contribution in [1.82, 2.24) is 20.4 Å². The first-order valence-corrected chi connectivity index (χ1v) is 9.62. The molecular formula is C21H29FN4O2. The van der Waals surface area contributed by atoms with Gasteiger partial charge in [-0.25, -0.2) is 4.39 Å². The van der Waals surface area contributed by atoms with Crippen LogP contribution in [-0.2, 0) is 11.8 Å². The van der Waals surface area contributed by atoms with E-state index in [-0.39, 0.29) is 41.6 Å². The number of hydrogen-bond donors (Lipinski definition) is 2. The highest BCUT2D eigenvalue weighted by Gasteiger charge is 2.37. The van der Waals surface area contributed by atoms with Gasteiger partial charge in [-0.15, -0.1) is 0 Å². The Kier molecular flexibility index (Phi) is 6.03. The molecule has 1 aromatic carbocycles. The molecule has 1 aromatic heterocycles. The fourth-order valence-electron chi connectivity index (χ4n) is 3.46. The quantitative estimate of drug-likeness (QED) is 0.798. The minimum atomic E-state index is -0.405. The van der Waals surface area contributed by atoms with E-state index >= 15 is 0 Å². The molecule has 2 aromatic rings. The molecule has 6 nitrogen and oxygen atoms in total. The van der Waals surface area contributed by atoms with Gasteiger partial charge in [0.1, 0.15) is 6.61 Å². The molecular weight excluding hydrogens is 359 g/mol. The molecule has 1 saturated heterocycles. The zero-order valence-corrected chi connectivity index (χ0v) is 16.9. The van der Waals surface area contributed by atoms with Gasteiger partial charge >= 0.3 is 0 Å². The standard InChI is InChI=1S/C21H29FN4O2/c1-21(2,3)19(13-28-18-8-6-5-7-17(18)22)25-20(27)16-11-23-10-15(16)14-9-24-26(4)12-14/h5-9,12,15-16,19,23H,10-11,13H2,1-4H3,(H,25,27)/t15-,16+,19?/m1/s1. The highest BCUT2D eigenvalue weighted by atomic mass is 19.1. The van der Waals surface area contributed by atoms with Gasteiger partial charge in [-0.2, -0.15) is 5.10 Å². The molecule has 3 atom stereocenters. The molecule has 7 heteroatoms. The topological polar surface area (TPSA) is 68.2 Å². The molecule has 0 radical (unpaired) electrons. The highest BCUT2D eigenvalue weighted by molar-refractivity contribution is 5.80. The molecule has 1 aliphatic rings. The molecule has 28 heavy (non-hydrogen) atoms. The van der Waals surface area contributed by atoms with Crippen molar-refractivity contribution in [2.75, 3.05) is 19.7 Å². The van der Waals surface area contributed by atoms with Crippen LogP contribution in [0.15, 0.2) is 36.7 Å². The predicted octanol–water partition coefficient (Wildman–Crippen LogP) is 2.47. The summed E-state index contributed by atoms with van der Waals surface area (Å²) in [5, 5.41) is 10.7. The molecule has 0 bridgehead atoms. The van der Waals surface area contributed by atoms with Crippen LogP contribution in [0.5, 0.6) is 5.75 Å². The second-order valence-electron chi connectivity index (χ2n) is 8.49. The number of carbonyl (C=O) groups is 1. The van der Waals surface area contributed by atoms with E-state index < -0.39 is 5.82 Å². The minimum Gasteiger partial charge on any atom is -0.488 e. The van der Waals surface area contributed by atoms with Crippen molar-refractivity contribution in [2.24, 2.45) is 18.4 Å². The lowest BCUT2D eigenvalue weighted by molar-refractivity contribution is -0.126. The third-order valence-electron chi connectivity index (χ3n) is 5.31. The number of benzene rings is 1. The van der Waals surface area contributed by atoms with Crippen LogP contribution in [0.25, 0.3) is 0 Å². The van der Waals surface area contributed by atoms with E-state index in [1.54, 1.807) is 22.9 Å². The number of aromatic nitrogens is 2. The smallest absolute Gasteiger partial charge is 0.225 e. The Morgan fingerprint density at radius 3 is 2.79 bits per heavy atom. The molecule has 0 saturated carbocycles. The summed E-state index contributed by atoms with van der Waals surface area (Å²) in [6, 6.07) is 6.05. The van der Waals surface area contributed by atoms with E-state index in [1.807, 2.05) is 40.2 Å². The Balaban J connectivity index is 1.68. The van der Waals surface area contributed by atoms with Crippen molar-refractivity contribution in [2.45, 2.75) is 32.7 Å². The van der Waals surface area contributed by atoms with Crippen molar-refractivity contribution in [3.05, 3.63) is 48.0 Å². The number of carbonyl (C=O) groups excluding carboxylic acids is 1. The molecule has 2 N–H and O–H groups in total. The molecule has 0 aliphatic carbocycles. The van der Waals surface area contributed by atoms with Crippen molar-refractivity contribution in [3.8, 4) is 5.75 Å². The Labute approximate surface area is 165 Å². The van der Waals surface area contributed by atoms with E-state index in [1.165, 1.54) is 6.07 Å². The zero-order valence-electron chi connectivity index (χ0n) is 16.9. The van der Waals surface area contributed by atoms with Gasteiger partial charge in [-0.3, -0.25) is 9.48 Å². The average Bonchev–Trinajstić information content (AvgIpc) is 3.27. The Hall–Kier alpha value is -2.41. The number of amides is 1. The lowest BCUT2D eigenvalue weighted by Gasteiger charge is -2.32. The van der Waals surface area contributed by atoms with Crippen molar-refractivity contribution >= 4 is 5.91 Å². The van der Waals surface area contributed by atoms with Gasteiger partial charge in [0.05, 0.1) is 18.2 Å². The molecule has 3 rings (SSSR count). The number of hydrogen-bond acceptors (Lipinski definition) is 4. The average molecular weight is 388 g/mol. The Morgan fingerprint density at radius 1 is 1.39 bits per heavy atom. The number of halogens is 1. The first-order valence-electron chi connectivity index (χ1n) is 9.62. The molecule has 152 valence electrons. The first-order chi connectivity index (χ1) is 13.3. The van der Waals surface area contributed by atoms with E-state index in [0.717, 1.165) is 12.1 Å². The number of nitrogens with one attached hydrogen (secondary N) is 2. The lowest BCUT2D eigenvalue weighted by atomic mass is 9.85. The van der Waals surface area contributed by atoms with Gasteiger partial charge in [0.2, 0.25) is 5.91 Å². The van der Waals surface area contributed by atoms with E-state index in [0.29, 0.717) is 6.54 Å². The molecule has 1 amide bonds. The van der Waals surface area contributed by atoms with Crippen molar-refractivity contribution in [1.29, 1.82) is 0 Å². The lowest BCUT2D eigenvalue weighted by Crippen LogP contribution is -2.50. The van der Waals surface area contributed by atoms with Gasteiger partial charge in [0.15, 0.2) is 11.6 Å².